The van der Waals surface area contributed by atoms with Gasteiger partial charge in [0.05, 0.1) is 0 Å². The Balaban J connectivity index is 2.13. The number of hydrogen-bond acceptors (Lipinski definition) is 5. The summed E-state index contributed by atoms with van der Waals surface area (Å²) in [5, 5.41) is 3.25. The SMILES string of the molecule is Nc1nc(NC2CC2)c2n[c][nH]c2n1. The van der Waals surface area contributed by atoms with Crippen molar-refractivity contribution in [3.05, 3.63) is 6.33 Å². The van der Waals surface area contributed by atoms with Gasteiger partial charge in [-0.1, -0.05) is 0 Å². The van der Waals surface area contributed by atoms with Gasteiger partial charge in [0.15, 0.2) is 23.3 Å². The van der Waals surface area contributed by atoms with Crippen LogP contribution in [0.3, 0.4) is 0 Å². The standard InChI is InChI=1S/C8H9N6/c9-8-13-6-5(10-3-11-6)7(14-8)12-4-1-2-4/h4H,1-2H2,(H4,9,10,11,12,13,14). The fraction of sp³-hybridized carbons (Fsp3) is 0.375. The smallest absolute Gasteiger partial charge is 0.224 e. The Kier molecular flexibility index (Phi) is 1.38. The quantitative estimate of drug-likeness (QED) is 0.632. The number of fused-ring (bicyclic) bond motifs is 1. The fourth-order valence-corrected chi connectivity index (χ4v) is 1.32. The van der Waals surface area contributed by atoms with Crippen LogP contribution in [-0.4, -0.2) is 26.0 Å². The largest absolute Gasteiger partial charge is 0.368 e. The molecular weight excluding hydrogens is 180 g/mol. The van der Waals surface area contributed by atoms with Crippen LogP contribution in [0.25, 0.3) is 11.2 Å². The molecule has 4 N–H and O–H groups in total. The molecule has 3 rings (SSSR count). The highest BCUT2D eigenvalue weighted by Gasteiger charge is 2.23. The van der Waals surface area contributed by atoms with Gasteiger partial charge in [0.25, 0.3) is 0 Å². The third-order valence-corrected chi connectivity index (χ3v) is 2.16. The number of nitrogens with one attached hydrogen (secondary N) is 2. The van der Waals surface area contributed by atoms with Gasteiger partial charge in [0.1, 0.15) is 0 Å². The molecule has 14 heavy (non-hydrogen) atoms. The first-order chi connectivity index (χ1) is 6.83. The topological polar surface area (TPSA) is 92.5 Å². The van der Waals surface area contributed by atoms with Gasteiger partial charge < -0.3 is 16.0 Å². The average Bonchev–Trinajstić information content (AvgIpc) is 2.81. The number of nitrogen functional groups attached to an aromatic ring is 1. The van der Waals surface area contributed by atoms with Crippen molar-refractivity contribution in [2.24, 2.45) is 0 Å². The van der Waals surface area contributed by atoms with Gasteiger partial charge in [0, 0.05) is 6.04 Å². The van der Waals surface area contributed by atoms with Crippen LogP contribution in [0.2, 0.25) is 0 Å². The maximum Gasteiger partial charge on any atom is 0.224 e. The Hall–Kier alpha value is -1.85. The number of nitrogens with zero attached hydrogens (tertiary/aromatic N) is 3. The molecule has 0 aliphatic heterocycles. The minimum Gasteiger partial charge on any atom is -0.368 e. The third kappa shape index (κ3) is 1.15. The van der Waals surface area contributed by atoms with E-state index in [1.807, 2.05) is 0 Å². The second-order valence-corrected chi connectivity index (χ2v) is 3.39. The van der Waals surface area contributed by atoms with Crippen molar-refractivity contribution in [3.63, 3.8) is 0 Å². The molecule has 6 heteroatoms. The Morgan fingerprint density at radius 2 is 2.29 bits per heavy atom. The van der Waals surface area contributed by atoms with Crippen molar-refractivity contribution in [3.8, 4) is 0 Å². The molecule has 0 unspecified atom stereocenters. The second kappa shape index (κ2) is 2.57. The summed E-state index contributed by atoms with van der Waals surface area (Å²) < 4.78 is 0. The maximum absolute atomic E-state index is 5.56. The number of aromatic amines is 1. The van der Waals surface area contributed by atoms with E-state index in [-0.39, 0.29) is 5.95 Å². The Bertz CT molecular complexity index is 472. The first-order valence-electron chi connectivity index (χ1n) is 4.49. The predicted octanol–water partition coefficient (Wildman–Crippen LogP) is 0.310. The number of aromatic nitrogens is 4. The monoisotopic (exact) mass is 189 g/mol. The van der Waals surface area contributed by atoms with Crippen LogP contribution >= 0.6 is 0 Å². The number of H-pyrrole nitrogens is 1. The van der Waals surface area contributed by atoms with Crippen LogP contribution in [0.1, 0.15) is 12.8 Å². The van der Waals surface area contributed by atoms with Gasteiger partial charge in [-0.2, -0.15) is 9.97 Å². The highest BCUT2D eigenvalue weighted by atomic mass is 15.1. The zero-order chi connectivity index (χ0) is 9.54. The number of hydrogen-bond donors (Lipinski definition) is 3. The number of anilines is 2. The number of nitrogens with two attached hydrogens (primary N) is 1. The predicted molar refractivity (Wildman–Crippen MR) is 51.6 cm³/mol. The zero-order valence-corrected chi connectivity index (χ0v) is 7.41. The normalized spacial score (nSPS) is 16.0. The van der Waals surface area contributed by atoms with Gasteiger partial charge >= 0.3 is 0 Å². The zero-order valence-electron chi connectivity index (χ0n) is 7.41. The van der Waals surface area contributed by atoms with Gasteiger partial charge in [-0.15, -0.1) is 0 Å². The molecule has 1 aliphatic rings. The van der Waals surface area contributed by atoms with E-state index in [4.69, 9.17) is 5.73 Å². The summed E-state index contributed by atoms with van der Waals surface area (Å²) in [5.41, 5.74) is 6.88. The molecule has 1 fully saturated rings. The van der Waals surface area contributed by atoms with Crippen molar-refractivity contribution in [2.45, 2.75) is 18.9 Å². The van der Waals surface area contributed by atoms with E-state index in [1.165, 1.54) is 12.8 Å². The maximum atomic E-state index is 5.56. The first kappa shape index (κ1) is 7.54. The molecule has 0 saturated heterocycles. The molecule has 1 aliphatic carbocycles. The Morgan fingerprint density at radius 1 is 1.43 bits per heavy atom. The molecule has 2 aromatic rings. The van der Waals surface area contributed by atoms with Crippen LogP contribution in [0.4, 0.5) is 11.8 Å². The molecular formula is C8H9N6. The summed E-state index contributed by atoms with van der Waals surface area (Å²) in [6.45, 7) is 0. The minimum absolute atomic E-state index is 0.248. The molecule has 1 saturated carbocycles. The summed E-state index contributed by atoms with van der Waals surface area (Å²) in [7, 11) is 0. The van der Waals surface area contributed by atoms with Gasteiger partial charge in [0.2, 0.25) is 5.95 Å². The minimum atomic E-state index is 0.248. The summed E-state index contributed by atoms with van der Waals surface area (Å²) >= 11 is 0. The lowest BCUT2D eigenvalue weighted by Gasteiger charge is -2.03. The fourth-order valence-electron chi connectivity index (χ4n) is 1.32. The highest BCUT2D eigenvalue weighted by Crippen LogP contribution is 2.26. The van der Waals surface area contributed by atoms with Crippen LogP contribution in [0.5, 0.6) is 0 Å². The molecule has 1 radical (unpaired) electrons. The van der Waals surface area contributed by atoms with Crippen LogP contribution < -0.4 is 11.1 Å². The van der Waals surface area contributed by atoms with E-state index in [1.54, 1.807) is 0 Å². The summed E-state index contributed by atoms with van der Waals surface area (Å²) in [4.78, 5) is 14.9. The van der Waals surface area contributed by atoms with Crippen molar-refractivity contribution >= 4 is 22.9 Å². The van der Waals surface area contributed by atoms with E-state index < -0.39 is 0 Å². The van der Waals surface area contributed by atoms with Crippen LogP contribution in [0.15, 0.2) is 0 Å². The number of rotatable bonds is 2. The molecule has 71 valence electrons. The molecule has 6 nitrogen and oxygen atoms in total. The summed E-state index contributed by atoms with van der Waals surface area (Å²) in [6.07, 6.45) is 4.99. The van der Waals surface area contributed by atoms with E-state index in [0.717, 1.165) is 0 Å². The Morgan fingerprint density at radius 3 is 3.07 bits per heavy atom. The van der Waals surface area contributed by atoms with Crippen LogP contribution in [0, 0.1) is 6.33 Å². The van der Waals surface area contributed by atoms with Crippen molar-refractivity contribution in [2.75, 3.05) is 11.1 Å². The van der Waals surface area contributed by atoms with Gasteiger partial charge in [-0.3, -0.25) is 0 Å². The lowest BCUT2D eigenvalue weighted by atomic mass is 10.4. The first-order valence-corrected chi connectivity index (χ1v) is 4.49. The second-order valence-electron chi connectivity index (χ2n) is 3.39. The van der Waals surface area contributed by atoms with E-state index in [2.05, 4.69) is 31.6 Å². The van der Waals surface area contributed by atoms with E-state index >= 15 is 0 Å². The highest BCUT2D eigenvalue weighted by molar-refractivity contribution is 5.83. The lowest BCUT2D eigenvalue weighted by Crippen LogP contribution is -2.06. The van der Waals surface area contributed by atoms with Crippen molar-refractivity contribution in [1.82, 2.24) is 19.9 Å². The van der Waals surface area contributed by atoms with E-state index in [0.29, 0.717) is 23.0 Å². The molecule has 2 heterocycles. The van der Waals surface area contributed by atoms with Crippen molar-refractivity contribution in [1.29, 1.82) is 0 Å². The van der Waals surface area contributed by atoms with Crippen LogP contribution in [-0.2, 0) is 0 Å². The van der Waals surface area contributed by atoms with E-state index in [9.17, 15) is 0 Å². The molecule has 2 aromatic heterocycles. The molecule has 0 spiro atoms. The van der Waals surface area contributed by atoms with Crippen molar-refractivity contribution < 1.29 is 0 Å². The molecule has 0 atom stereocenters. The van der Waals surface area contributed by atoms with Gasteiger partial charge in [-0.25, -0.2) is 4.98 Å². The average molecular weight is 189 g/mol. The molecule has 0 aromatic carbocycles. The summed E-state index contributed by atoms with van der Waals surface area (Å²) in [5.74, 6) is 0.950. The lowest BCUT2D eigenvalue weighted by molar-refractivity contribution is 1.10. The third-order valence-electron chi connectivity index (χ3n) is 2.16. The Labute approximate surface area is 80.0 Å². The summed E-state index contributed by atoms with van der Waals surface area (Å²) in [6, 6.07) is 0.518. The molecule has 0 bridgehead atoms. The number of imidazole rings is 1. The molecule has 0 amide bonds. The van der Waals surface area contributed by atoms with Gasteiger partial charge in [-0.05, 0) is 12.8 Å².